The predicted octanol–water partition coefficient (Wildman–Crippen LogP) is 4.37. The molecule has 0 saturated heterocycles. The Morgan fingerprint density at radius 2 is 1.78 bits per heavy atom. The minimum Gasteiger partial charge on any atom is -0.490 e. The van der Waals surface area contributed by atoms with Crippen molar-refractivity contribution >= 4 is 21.0 Å². The number of fused-ring (bicyclic) bond motifs is 2. The summed E-state index contributed by atoms with van der Waals surface area (Å²) in [5, 5.41) is 0.885. The van der Waals surface area contributed by atoms with Gasteiger partial charge in [-0.15, -0.1) is 0 Å². The normalized spacial score (nSPS) is 14.8. The van der Waals surface area contributed by atoms with Crippen molar-refractivity contribution in [3.8, 4) is 11.5 Å². The van der Waals surface area contributed by atoms with Gasteiger partial charge in [-0.2, -0.15) is 4.72 Å². The van der Waals surface area contributed by atoms with Crippen LogP contribution in [0.3, 0.4) is 0 Å². The lowest BCUT2D eigenvalue weighted by Gasteiger charge is -2.18. The lowest BCUT2D eigenvalue weighted by Crippen LogP contribution is -2.30. The number of benzene rings is 2. The van der Waals surface area contributed by atoms with Crippen LogP contribution in [0, 0.1) is 6.92 Å². The van der Waals surface area contributed by atoms with Gasteiger partial charge in [0.1, 0.15) is 17.4 Å². The molecule has 0 aliphatic carbocycles. The maximum Gasteiger partial charge on any atom is 0.241 e. The van der Waals surface area contributed by atoms with Crippen LogP contribution in [-0.2, 0) is 10.0 Å². The molecule has 0 bridgehead atoms. The zero-order chi connectivity index (χ0) is 22.1. The summed E-state index contributed by atoms with van der Waals surface area (Å²) in [7, 11) is -3.94. The second-order valence-electron chi connectivity index (χ2n) is 7.61. The largest absolute Gasteiger partial charge is 0.490 e. The fourth-order valence-electron chi connectivity index (χ4n) is 3.73. The summed E-state index contributed by atoms with van der Waals surface area (Å²) in [6, 6.07) is 16.9. The molecule has 3 heterocycles. The van der Waals surface area contributed by atoms with E-state index >= 15 is 0 Å². The Bertz CT molecular complexity index is 1350. The number of ether oxygens (including phenoxy) is 2. The Labute approximate surface area is 186 Å². The van der Waals surface area contributed by atoms with Crippen LogP contribution in [0.4, 0.5) is 0 Å². The summed E-state index contributed by atoms with van der Waals surface area (Å²) in [4.78, 5) is 4.53. The van der Waals surface area contributed by atoms with Crippen molar-refractivity contribution in [2.24, 2.45) is 0 Å². The zero-order valence-corrected chi connectivity index (χ0v) is 18.3. The molecule has 7 nitrogen and oxygen atoms in total. The summed E-state index contributed by atoms with van der Waals surface area (Å²) in [5.74, 6) is 1.42. The summed E-state index contributed by atoms with van der Waals surface area (Å²) < 4.78 is 46.9. The number of nitrogens with one attached hydrogen (secondary N) is 1. The van der Waals surface area contributed by atoms with Crippen molar-refractivity contribution in [2.45, 2.75) is 24.3 Å². The number of furan rings is 1. The van der Waals surface area contributed by atoms with E-state index in [-0.39, 0.29) is 4.90 Å². The number of pyridine rings is 1. The Morgan fingerprint density at radius 1 is 0.969 bits per heavy atom. The van der Waals surface area contributed by atoms with E-state index < -0.39 is 16.1 Å². The minimum atomic E-state index is -3.94. The number of aryl methyl sites for hydroxylation is 1. The average molecular weight is 451 g/mol. The molecule has 8 heteroatoms. The van der Waals surface area contributed by atoms with Gasteiger partial charge in [-0.05, 0) is 42.8 Å². The highest BCUT2D eigenvalue weighted by atomic mass is 32.2. The first-order valence-corrected chi connectivity index (χ1v) is 11.8. The fraction of sp³-hybridized carbons (Fsp3) is 0.208. The predicted molar refractivity (Wildman–Crippen MR) is 119 cm³/mol. The number of sulfonamides is 1. The van der Waals surface area contributed by atoms with E-state index in [0.717, 1.165) is 17.4 Å². The molecule has 1 unspecified atom stereocenters. The molecule has 1 aliphatic heterocycles. The van der Waals surface area contributed by atoms with Crippen LogP contribution in [0.25, 0.3) is 11.0 Å². The first kappa shape index (κ1) is 20.5. The van der Waals surface area contributed by atoms with Crippen molar-refractivity contribution in [1.82, 2.24) is 9.71 Å². The summed E-state index contributed by atoms with van der Waals surface area (Å²) in [6.45, 7) is 2.89. The molecule has 1 aliphatic rings. The lowest BCUT2D eigenvalue weighted by atomic mass is 10.1. The molecule has 0 fully saturated rings. The number of para-hydroxylation sites is 1. The van der Waals surface area contributed by atoms with Gasteiger partial charge in [0.2, 0.25) is 10.0 Å². The summed E-state index contributed by atoms with van der Waals surface area (Å²) in [5.41, 5.74) is 2.10. The smallest absolute Gasteiger partial charge is 0.241 e. The van der Waals surface area contributed by atoms with Crippen LogP contribution in [0.5, 0.6) is 11.5 Å². The molecule has 1 atom stereocenters. The SMILES string of the molecule is Cc1cccnc1C(NS(=O)(=O)c1ccc2c(c1)OCCCO2)c1cc2ccccc2o1. The molecule has 2 aromatic carbocycles. The second kappa shape index (κ2) is 8.29. The van der Waals surface area contributed by atoms with Gasteiger partial charge in [-0.25, -0.2) is 8.42 Å². The monoisotopic (exact) mass is 450 g/mol. The van der Waals surface area contributed by atoms with Gasteiger partial charge in [0, 0.05) is 24.1 Å². The van der Waals surface area contributed by atoms with E-state index in [1.54, 1.807) is 12.3 Å². The van der Waals surface area contributed by atoms with E-state index in [2.05, 4.69) is 9.71 Å². The van der Waals surface area contributed by atoms with E-state index in [9.17, 15) is 8.42 Å². The van der Waals surface area contributed by atoms with Crippen LogP contribution in [-0.4, -0.2) is 26.6 Å². The molecule has 5 rings (SSSR count). The topological polar surface area (TPSA) is 90.7 Å². The molecule has 2 aromatic heterocycles. The Kier molecular flexibility index (Phi) is 5.32. The van der Waals surface area contributed by atoms with Crippen LogP contribution in [0.2, 0.25) is 0 Å². The lowest BCUT2D eigenvalue weighted by molar-refractivity contribution is 0.297. The van der Waals surface area contributed by atoms with E-state index in [1.165, 1.54) is 12.1 Å². The number of hydrogen-bond donors (Lipinski definition) is 1. The Morgan fingerprint density at radius 3 is 2.59 bits per heavy atom. The number of hydrogen-bond acceptors (Lipinski definition) is 6. The quantitative estimate of drug-likeness (QED) is 0.486. The fourth-order valence-corrected chi connectivity index (χ4v) is 4.91. The highest BCUT2D eigenvalue weighted by Gasteiger charge is 2.29. The maximum atomic E-state index is 13.4. The van der Waals surface area contributed by atoms with Crippen molar-refractivity contribution in [2.75, 3.05) is 13.2 Å². The van der Waals surface area contributed by atoms with E-state index in [0.29, 0.717) is 41.7 Å². The van der Waals surface area contributed by atoms with Crippen LogP contribution < -0.4 is 14.2 Å². The Hall–Kier alpha value is -3.36. The molecular weight excluding hydrogens is 428 g/mol. The van der Waals surface area contributed by atoms with Gasteiger partial charge in [0.15, 0.2) is 11.5 Å². The van der Waals surface area contributed by atoms with Crippen LogP contribution in [0.1, 0.15) is 29.5 Å². The third kappa shape index (κ3) is 3.94. The van der Waals surface area contributed by atoms with Gasteiger partial charge >= 0.3 is 0 Å². The molecule has 32 heavy (non-hydrogen) atoms. The van der Waals surface area contributed by atoms with Crippen molar-refractivity contribution in [1.29, 1.82) is 0 Å². The van der Waals surface area contributed by atoms with Crippen molar-refractivity contribution in [3.63, 3.8) is 0 Å². The van der Waals surface area contributed by atoms with Gasteiger partial charge in [-0.3, -0.25) is 4.98 Å². The molecule has 0 saturated carbocycles. The molecular formula is C24H22N2O5S. The Balaban J connectivity index is 1.56. The molecule has 0 spiro atoms. The number of nitrogens with zero attached hydrogens (tertiary/aromatic N) is 1. The molecule has 1 N–H and O–H groups in total. The molecule has 164 valence electrons. The maximum absolute atomic E-state index is 13.4. The van der Waals surface area contributed by atoms with E-state index in [4.69, 9.17) is 13.9 Å². The van der Waals surface area contributed by atoms with Crippen molar-refractivity contribution in [3.05, 3.63) is 83.9 Å². The average Bonchev–Trinajstić information content (AvgIpc) is 3.08. The molecule has 0 amide bonds. The highest BCUT2D eigenvalue weighted by molar-refractivity contribution is 7.89. The van der Waals surface area contributed by atoms with Gasteiger partial charge in [-0.1, -0.05) is 24.3 Å². The summed E-state index contributed by atoms with van der Waals surface area (Å²) in [6.07, 6.45) is 2.38. The van der Waals surface area contributed by atoms with Gasteiger partial charge in [0.05, 0.1) is 23.8 Å². The minimum absolute atomic E-state index is 0.0800. The number of rotatable bonds is 5. The molecule has 4 aromatic rings. The van der Waals surface area contributed by atoms with Gasteiger partial charge < -0.3 is 13.9 Å². The highest BCUT2D eigenvalue weighted by Crippen LogP contribution is 2.34. The van der Waals surface area contributed by atoms with Crippen LogP contribution >= 0.6 is 0 Å². The second-order valence-corrected chi connectivity index (χ2v) is 9.32. The van der Waals surface area contributed by atoms with Crippen LogP contribution in [0.15, 0.2) is 76.2 Å². The third-order valence-corrected chi connectivity index (χ3v) is 6.78. The standard InChI is InChI=1S/C24H22N2O5S/c1-16-6-4-11-25-23(16)24(22-14-17-7-2-3-8-19(17)31-22)26-32(27,28)18-9-10-20-21(15-18)30-13-5-12-29-20/h2-4,6-11,14-15,24,26H,5,12-13H2,1H3. The number of aromatic nitrogens is 1. The van der Waals surface area contributed by atoms with Crippen molar-refractivity contribution < 1.29 is 22.3 Å². The van der Waals surface area contributed by atoms with Gasteiger partial charge in [0.25, 0.3) is 0 Å². The zero-order valence-electron chi connectivity index (χ0n) is 17.4. The first-order chi connectivity index (χ1) is 15.5. The third-order valence-electron chi connectivity index (χ3n) is 5.35. The molecule has 0 radical (unpaired) electrons. The van der Waals surface area contributed by atoms with E-state index in [1.807, 2.05) is 49.4 Å². The first-order valence-electron chi connectivity index (χ1n) is 10.3. The summed E-state index contributed by atoms with van der Waals surface area (Å²) >= 11 is 0.